The molecule has 0 saturated heterocycles. The molecular weight excluding hydrogens is 496 g/mol. The fraction of sp³-hybridized carbons (Fsp3) is 0.457. The number of nitrogens with zero attached hydrogens (tertiary/aromatic N) is 2. The van der Waals surface area contributed by atoms with Crippen LogP contribution in [0.25, 0.3) is 0 Å². The molecule has 3 aromatic carbocycles. The van der Waals surface area contributed by atoms with E-state index in [9.17, 15) is 4.79 Å². The maximum absolute atomic E-state index is 13.8. The first kappa shape index (κ1) is 31.2. The molecular formula is C35H48N2O3. The second-order valence-corrected chi connectivity index (χ2v) is 10.5. The summed E-state index contributed by atoms with van der Waals surface area (Å²) in [5.74, 6) is 1.44. The molecule has 0 aromatic heterocycles. The van der Waals surface area contributed by atoms with Gasteiger partial charge in [0.05, 0.1) is 7.11 Å². The molecule has 0 N–H and O–H groups in total. The van der Waals surface area contributed by atoms with E-state index in [0.29, 0.717) is 31.2 Å². The molecule has 0 aliphatic heterocycles. The van der Waals surface area contributed by atoms with E-state index < -0.39 is 0 Å². The number of aryl methyl sites for hydroxylation is 1. The Labute approximate surface area is 242 Å². The molecule has 0 fully saturated rings. The molecule has 0 aliphatic carbocycles. The minimum absolute atomic E-state index is 0.0670. The van der Waals surface area contributed by atoms with E-state index in [1.807, 2.05) is 65.6 Å². The van der Waals surface area contributed by atoms with E-state index in [-0.39, 0.29) is 5.91 Å². The summed E-state index contributed by atoms with van der Waals surface area (Å²) in [5, 5.41) is 0. The largest absolute Gasteiger partial charge is 0.493 e. The summed E-state index contributed by atoms with van der Waals surface area (Å²) in [4.78, 5) is 18.3. The third-order valence-corrected chi connectivity index (χ3v) is 7.21. The summed E-state index contributed by atoms with van der Waals surface area (Å²) >= 11 is 0. The van der Waals surface area contributed by atoms with Crippen molar-refractivity contribution in [1.29, 1.82) is 0 Å². The van der Waals surface area contributed by atoms with E-state index in [1.54, 1.807) is 7.11 Å². The first-order chi connectivity index (χ1) is 19.6. The van der Waals surface area contributed by atoms with Gasteiger partial charge in [-0.1, -0.05) is 88.6 Å². The van der Waals surface area contributed by atoms with Gasteiger partial charge in [0.2, 0.25) is 0 Å². The van der Waals surface area contributed by atoms with Crippen LogP contribution in [-0.4, -0.2) is 49.0 Å². The van der Waals surface area contributed by atoms with Gasteiger partial charge in [-0.2, -0.15) is 0 Å². The highest BCUT2D eigenvalue weighted by Crippen LogP contribution is 2.29. The number of unbranched alkanes of at least 4 members (excludes halogenated alkanes) is 2. The van der Waals surface area contributed by atoms with Crippen molar-refractivity contribution < 1.29 is 14.3 Å². The zero-order valence-corrected chi connectivity index (χ0v) is 25.0. The van der Waals surface area contributed by atoms with Crippen LogP contribution in [0, 0.1) is 0 Å². The highest BCUT2D eigenvalue weighted by atomic mass is 16.5. The quantitative estimate of drug-likeness (QED) is 0.164. The summed E-state index contributed by atoms with van der Waals surface area (Å²) in [6, 6.07) is 24.2. The Morgan fingerprint density at radius 3 is 2.00 bits per heavy atom. The number of carbonyl (C=O) groups excluding carboxylic acids is 1. The third-order valence-electron chi connectivity index (χ3n) is 7.21. The predicted octanol–water partition coefficient (Wildman–Crippen LogP) is 7.77. The lowest BCUT2D eigenvalue weighted by molar-refractivity contribution is 0.0720. The third kappa shape index (κ3) is 10.0. The minimum Gasteiger partial charge on any atom is -0.493 e. The van der Waals surface area contributed by atoms with Gasteiger partial charge >= 0.3 is 0 Å². The number of hydrogen-bond acceptors (Lipinski definition) is 4. The smallest absolute Gasteiger partial charge is 0.254 e. The molecule has 40 heavy (non-hydrogen) atoms. The van der Waals surface area contributed by atoms with Gasteiger partial charge in [0.1, 0.15) is 6.61 Å². The van der Waals surface area contributed by atoms with Crippen LogP contribution in [-0.2, 0) is 19.6 Å². The van der Waals surface area contributed by atoms with Crippen LogP contribution < -0.4 is 9.47 Å². The van der Waals surface area contributed by atoms with Crippen molar-refractivity contribution in [2.24, 2.45) is 0 Å². The van der Waals surface area contributed by atoms with Crippen molar-refractivity contribution in [3.05, 3.63) is 95.1 Å². The lowest BCUT2D eigenvalue weighted by atomic mass is 10.1. The maximum atomic E-state index is 13.8. The van der Waals surface area contributed by atoms with Crippen LogP contribution in [0.3, 0.4) is 0 Å². The predicted molar refractivity (Wildman–Crippen MR) is 165 cm³/mol. The Balaban J connectivity index is 1.77. The van der Waals surface area contributed by atoms with Crippen LogP contribution in [0.15, 0.2) is 72.8 Å². The zero-order valence-electron chi connectivity index (χ0n) is 25.0. The van der Waals surface area contributed by atoms with Crippen LogP contribution in [0.1, 0.15) is 79.9 Å². The van der Waals surface area contributed by atoms with E-state index in [0.717, 1.165) is 49.2 Å². The minimum atomic E-state index is 0.0670. The maximum Gasteiger partial charge on any atom is 0.254 e. The van der Waals surface area contributed by atoms with Crippen LogP contribution in [0.4, 0.5) is 0 Å². The van der Waals surface area contributed by atoms with E-state index in [2.05, 4.69) is 37.8 Å². The first-order valence-electron chi connectivity index (χ1n) is 15.0. The number of methoxy groups -OCH3 is 1. The molecule has 0 spiro atoms. The molecule has 0 aliphatic rings. The van der Waals surface area contributed by atoms with Gasteiger partial charge in [-0.15, -0.1) is 0 Å². The molecule has 3 aromatic rings. The summed E-state index contributed by atoms with van der Waals surface area (Å²) in [6.07, 6.45) is 6.83. The highest BCUT2D eigenvalue weighted by Gasteiger charge is 2.19. The standard InChI is InChI=1S/C35H48N2O3/c1-5-8-22-36(23-9-6-2)24-25-37(35(38)32-19-16-29(13-7-3)17-20-32)27-31-18-21-33(34(26-31)39-4)40-28-30-14-11-10-12-15-30/h10-12,14-21,26H,5-9,13,22-25,27-28H2,1-4H3. The second kappa shape index (κ2) is 17.4. The molecule has 5 heteroatoms. The van der Waals surface area contributed by atoms with E-state index in [4.69, 9.17) is 9.47 Å². The molecule has 0 unspecified atom stereocenters. The molecule has 216 valence electrons. The van der Waals surface area contributed by atoms with E-state index >= 15 is 0 Å². The van der Waals surface area contributed by atoms with Crippen molar-refractivity contribution in [3.8, 4) is 11.5 Å². The van der Waals surface area contributed by atoms with Crippen molar-refractivity contribution in [2.45, 2.75) is 72.4 Å². The molecule has 0 heterocycles. The summed E-state index contributed by atoms with van der Waals surface area (Å²) in [7, 11) is 1.66. The highest BCUT2D eigenvalue weighted by molar-refractivity contribution is 5.94. The van der Waals surface area contributed by atoms with Crippen LogP contribution in [0.2, 0.25) is 0 Å². The van der Waals surface area contributed by atoms with Gasteiger partial charge in [-0.05, 0) is 73.3 Å². The van der Waals surface area contributed by atoms with Crippen molar-refractivity contribution >= 4 is 5.91 Å². The molecule has 0 bridgehead atoms. The van der Waals surface area contributed by atoms with Crippen LogP contribution in [0.5, 0.6) is 11.5 Å². The Morgan fingerprint density at radius 2 is 1.38 bits per heavy atom. The van der Waals surface area contributed by atoms with Gasteiger partial charge < -0.3 is 19.3 Å². The normalized spacial score (nSPS) is 11.0. The lowest BCUT2D eigenvalue weighted by Crippen LogP contribution is -2.39. The monoisotopic (exact) mass is 544 g/mol. The van der Waals surface area contributed by atoms with Gasteiger partial charge in [-0.25, -0.2) is 0 Å². The molecule has 0 radical (unpaired) electrons. The number of carbonyl (C=O) groups is 1. The topological polar surface area (TPSA) is 42.0 Å². The molecule has 0 atom stereocenters. The first-order valence-corrected chi connectivity index (χ1v) is 15.0. The van der Waals surface area contributed by atoms with Crippen LogP contribution >= 0.6 is 0 Å². The van der Waals surface area contributed by atoms with Crippen molar-refractivity contribution in [2.75, 3.05) is 33.3 Å². The fourth-order valence-corrected chi connectivity index (χ4v) is 4.78. The van der Waals surface area contributed by atoms with Gasteiger partial charge in [0, 0.05) is 25.2 Å². The summed E-state index contributed by atoms with van der Waals surface area (Å²) in [5.41, 5.74) is 4.13. The average Bonchev–Trinajstić information content (AvgIpc) is 3.00. The zero-order chi connectivity index (χ0) is 28.6. The van der Waals surface area contributed by atoms with Crippen molar-refractivity contribution in [1.82, 2.24) is 9.80 Å². The molecule has 1 amide bonds. The average molecular weight is 545 g/mol. The SMILES string of the molecule is CCCCN(CCCC)CCN(Cc1ccc(OCc2ccccc2)c(OC)c1)C(=O)c1ccc(CCC)cc1. The fourth-order valence-electron chi connectivity index (χ4n) is 4.78. The lowest BCUT2D eigenvalue weighted by Gasteiger charge is -2.28. The molecule has 3 rings (SSSR count). The van der Waals surface area contributed by atoms with Gasteiger partial charge in [0.15, 0.2) is 11.5 Å². The number of hydrogen-bond donors (Lipinski definition) is 0. The van der Waals surface area contributed by atoms with Gasteiger partial charge in [0.25, 0.3) is 5.91 Å². The summed E-state index contributed by atoms with van der Waals surface area (Å²) in [6.45, 7) is 11.3. The van der Waals surface area contributed by atoms with E-state index in [1.165, 1.54) is 31.2 Å². The second-order valence-electron chi connectivity index (χ2n) is 10.5. The Bertz CT molecular complexity index is 1120. The Hall–Kier alpha value is -3.31. The molecule has 0 saturated carbocycles. The number of amides is 1. The van der Waals surface area contributed by atoms with Gasteiger partial charge in [-0.3, -0.25) is 4.79 Å². The summed E-state index contributed by atoms with van der Waals surface area (Å²) < 4.78 is 11.8. The number of benzene rings is 3. The molecule has 5 nitrogen and oxygen atoms in total. The van der Waals surface area contributed by atoms with Crippen molar-refractivity contribution in [3.63, 3.8) is 0 Å². The number of rotatable bonds is 18. The Morgan fingerprint density at radius 1 is 0.700 bits per heavy atom. The Kier molecular flexibility index (Phi) is 13.6. The number of ether oxygens (including phenoxy) is 2.